The summed E-state index contributed by atoms with van der Waals surface area (Å²) in [5.41, 5.74) is 0. The van der Waals surface area contributed by atoms with E-state index in [0.717, 1.165) is 0 Å². The molecule has 108 valence electrons. The Hall–Kier alpha value is -1.79. The summed E-state index contributed by atoms with van der Waals surface area (Å²) in [6.07, 6.45) is 1.82. The van der Waals surface area contributed by atoms with E-state index in [1.807, 2.05) is 6.92 Å². The van der Waals surface area contributed by atoms with Crippen LogP contribution in [0.25, 0.3) is 0 Å². The van der Waals surface area contributed by atoms with Gasteiger partial charge < -0.3 is 21.1 Å². The summed E-state index contributed by atoms with van der Waals surface area (Å²) in [4.78, 5) is 33.6. The Morgan fingerprint density at radius 3 is 2.68 bits per heavy atom. The predicted molar refractivity (Wildman–Crippen MR) is 68.6 cm³/mol. The molecule has 1 fully saturated rings. The fraction of sp³-hybridized carbons (Fsp3) is 0.750. The van der Waals surface area contributed by atoms with Gasteiger partial charge in [0.2, 0.25) is 5.91 Å². The van der Waals surface area contributed by atoms with Crippen LogP contribution in [0, 0.1) is 5.92 Å². The normalized spacial score (nSPS) is 21.4. The van der Waals surface area contributed by atoms with Gasteiger partial charge >= 0.3 is 12.0 Å². The first-order valence-corrected chi connectivity index (χ1v) is 6.50. The summed E-state index contributed by atoms with van der Waals surface area (Å²) in [7, 11) is 0. The second kappa shape index (κ2) is 6.96. The second-order valence-corrected chi connectivity index (χ2v) is 4.86. The molecule has 1 rings (SSSR count). The van der Waals surface area contributed by atoms with E-state index in [9.17, 15) is 14.4 Å². The summed E-state index contributed by atoms with van der Waals surface area (Å²) < 4.78 is 0. The van der Waals surface area contributed by atoms with E-state index in [1.165, 1.54) is 0 Å². The van der Waals surface area contributed by atoms with Crippen molar-refractivity contribution >= 4 is 17.9 Å². The highest BCUT2D eigenvalue weighted by Gasteiger charge is 2.26. The van der Waals surface area contributed by atoms with Gasteiger partial charge in [-0.1, -0.05) is 20.3 Å². The molecule has 0 spiro atoms. The van der Waals surface area contributed by atoms with Crippen LogP contribution in [0.15, 0.2) is 0 Å². The number of nitrogens with one attached hydrogen (secondary N) is 3. The van der Waals surface area contributed by atoms with Crippen molar-refractivity contribution < 1.29 is 19.5 Å². The minimum atomic E-state index is -1.04. The van der Waals surface area contributed by atoms with E-state index in [2.05, 4.69) is 16.0 Å². The van der Waals surface area contributed by atoms with Crippen LogP contribution in [0.2, 0.25) is 0 Å². The number of urea groups is 1. The lowest BCUT2D eigenvalue weighted by Gasteiger charge is -2.21. The maximum atomic E-state index is 11.6. The summed E-state index contributed by atoms with van der Waals surface area (Å²) in [5, 5.41) is 16.8. The van der Waals surface area contributed by atoms with Gasteiger partial charge in [-0.3, -0.25) is 4.79 Å². The molecule has 0 saturated carbocycles. The number of hydrogen-bond donors (Lipinski definition) is 4. The highest BCUT2D eigenvalue weighted by atomic mass is 16.4. The molecule has 0 aliphatic carbocycles. The Morgan fingerprint density at radius 1 is 1.53 bits per heavy atom. The van der Waals surface area contributed by atoms with Gasteiger partial charge in [0.1, 0.15) is 6.04 Å². The van der Waals surface area contributed by atoms with Crippen LogP contribution < -0.4 is 16.0 Å². The van der Waals surface area contributed by atoms with E-state index < -0.39 is 18.0 Å². The molecule has 3 amide bonds. The number of carboxylic acids is 1. The lowest BCUT2D eigenvalue weighted by molar-refractivity contribution is -0.140. The van der Waals surface area contributed by atoms with Crippen LogP contribution >= 0.6 is 0 Å². The number of rotatable bonds is 6. The molecular weight excluding hydrogens is 250 g/mol. The first kappa shape index (κ1) is 15.3. The van der Waals surface area contributed by atoms with Gasteiger partial charge in [-0.05, 0) is 12.3 Å². The van der Waals surface area contributed by atoms with Gasteiger partial charge in [0, 0.05) is 19.0 Å². The number of carbonyl (C=O) groups excluding carboxylic acids is 2. The van der Waals surface area contributed by atoms with E-state index >= 15 is 0 Å². The molecule has 7 nitrogen and oxygen atoms in total. The molecule has 1 saturated heterocycles. The Bertz CT molecular complexity index is 359. The van der Waals surface area contributed by atoms with E-state index in [0.29, 0.717) is 25.8 Å². The molecule has 1 heterocycles. The summed E-state index contributed by atoms with van der Waals surface area (Å²) in [5.74, 6) is -1.21. The van der Waals surface area contributed by atoms with Crippen LogP contribution in [-0.2, 0) is 9.59 Å². The fourth-order valence-corrected chi connectivity index (χ4v) is 1.92. The average Bonchev–Trinajstić information content (AvgIpc) is 2.78. The fourth-order valence-electron chi connectivity index (χ4n) is 1.92. The molecule has 19 heavy (non-hydrogen) atoms. The monoisotopic (exact) mass is 271 g/mol. The molecule has 0 aromatic rings. The van der Waals surface area contributed by atoms with Gasteiger partial charge in [-0.15, -0.1) is 0 Å². The van der Waals surface area contributed by atoms with Crippen molar-refractivity contribution in [2.75, 3.05) is 6.54 Å². The van der Waals surface area contributed by atoms with Crippen molar-refractivity contribution in [3.63, 3.8) is 0 Å². The van der Waals surface area contributed by atoms with E-state index in [4.69, 9.17) is 5.11 Å². The molecule has 0 aromatic carbocycles. The number of carbonyl (C=O) groups is 3. The highest BCUT2D eigenvalue weighted by Crippen LogP contribution is 2.08. The van der Waals surface area contributed by atoms with Crippen LogP contribution in [0.5, 0.6) is 0 Å². The Morgan fingerprint density at radius 2 is 2.21 bits per heavy atom. The molecular formula is C12H21N3O4. The van der Waals surface area contributed by atoms with Gasteiger partial charge in [-0.25, -0.2) is 9.59 Å². The topological polar surface area (TPSA) is 108 Å². The van der Waals surface area contributed by atoms with Crippen molar-refractivity contribution in [1.29, 1.82) is 0 Å². The van der Waals surface area contributed by atoms with E-state index in [1.54, 1.807) is 6.92 Å². The summed E-state index contributed by atoms with van der Waals surface area (Å²) >= 11 is 0. The second-order valence-electron chi connectivity index (χ2n) is 4.86. The molecule has 1 aliphatic rings. The van der Waals surface area contributed by atoms with Crippen LogP contribution in [0.3, 0.4) is 0 Å². The predicted octanol–water partition coefficient (Wildman–Crippen LogP) is 0.0635. The molecule has 4 N–H and O–H groups in total. The van der Waals surface area contributed by atoms with Crippen molar-refractivity contribution in [3.8, 4) is 0 Å². The first-order valence-electron chi connectivity index (χ1n) is 6.50. The number of amides is 3. The molecule has 3 unspecified atom stereocenters. The Labute approximate surface area is 112 Å². The summed E-state index contributed by atoms with van der Waals surface area (Å²) in [6, 6.07) is -1.48. The SMILES string of the molecule is CCC(C)C(NC(=O)NCC1CCC(=O)N1)C(=O)O. The van der Waals surface area contributed by atoms with Crippen LogP contribution in [0.4, 0.5) is 4.79 Å². The molecule has 0 radical (unpaired) electrons. The first-order chi connectivity index (χ1) is 8.93. The van der Waals surface area contributed by atoms with Gasteiger partial charge in [0.05, 0.1) is 0 Å². The molecule has 0 aromatic heterocycles. The van der Waals surface area contributed by atoms with Crippen LogP contribution in [-0.4, -0.2) is 41.6 Å². The third kappa shape index (κ3) is 4.76. The maximum absolute atomic E-state index is 11.6. The minimum Gasteiger partial charge on any atom is -0.480 e. The lowest BCUT2D eigenvalue weighted by Crippen LogP contribution is -2.51. The van der Waals surface area contributed by atoms with Crippen LogP contribution in [0.1, 0.15) is 33.1 Å². The largest absolute Gasteiger partial charge is 0.480 e. The van der Waals surface area contributed by atoms with E-state index in [-0.39, 0.29) is 17.9 Å². The third-order valence-corrected chi connectivity index (χ3v) is 3.36. The van der Waals surface area contributed by atoms with Crippen molar-refractivity contribution in [1.82, 2.24) is 16.0 Å². The minimum absolute atomic E-state index is 0.0183. The smallest absolute Gasteiger partial charge is 0.326 e. The number of carboxylic acid groups (broad SMARTS) is 1. The molecule has 1 aliphatic heterocycles. The van der Waals surface area contributed by atoms with Crippen molar-refractivity contribution in [2.24, 2.45) is 5.92 Å². The van der Waals surface area contributed by atoms with Gasteiger partial charge in [-0.2, -0.15) is 0 Å². The quantitative estimate of drug-likeness (QED) is 0.548. The molecule has 3 atom stereocenters. The zero-order valence-corrected chi connectivity index (χ0v) is 11.2. The number of hydrogen-bond acceptors (Lipinski definition) is 3. The maximum Gasteiger partial charge on any atom is 0.326 e. The molecule has 0 bridgehead atoms. The zero-order chi connectivity index (χ0) is 14.4. The third-order valence-electron chi connectivity index (χ3n) is 3.36. The van der Waals surface area contributed by atoms with Gasteiger partial charge in [0.25, 0.3) is 0 Å². The van der Waals surface area contributed by atoms with Gasteiger partial charge in [0.15, 0.2) is 0 Å². The lowest BCUT2D eigenvalue weighted by atomic mass is 9.99. The van der Waals surface area contributed by atoms with Crippen molar-refractivity contribution in [3.05, 3.63) is 0 Å². The number of aliphatic carboxylic acids is 1. The Balaban J connectivity index is 2.36. The summed E-state index contributed by atoms with van der Waals surface area (Å²) in [6.45, 7) is 3.95. The zero-order valence-electron chi connectivity index (χ0n) is 11.2. The highest BCUT2D eigenvalue weighted by molar-refractivity contribution is 5.83. The standard InChI is InChI=1S/C12H21N3O4/c1-3-7(2)10(11(17)18)15-12(19)13-6-8-4-5-9(16)14-8/h7-8,10H,3-6H2,1-2H3,(H,14,16)(H,17,18)(H2,13,15,19). The van der Waals surface area contributed by atoms with Crippen molar-refractivity contribution in [2.45, 2.75) is 45.2 Å². The Kier molecular flexibility index (Phi) is 5.59. The molecule has 7 heteroatoms. The average molecular weight is 271 g/mol.